The summed E-state index contributed by atoms with van der Waals surface area (Å²) in [5, 5.41) is 0. The number of allylic oxidation sites excluding steroid dienone is 2. The number of carbonyl (C=O) groups is 2. The molecular weight excluding hydrogens is 232 g/mol. The molecule has 0 radical (unpaired) electrons. The second kappa shape index (κ2) is 7.69. The summed E-state index contributed by atoms with van der Waals surface area (Å²) < 4.78 is 9.53. The van der Waals surface area contributed by atoms with Crippen molar-refractivity contribution in [1.82, 2.24) is 0 Å². The van der Waals surface area contributed by atoms with Crippen molar-refractivity contribution in [2.24, 2.45) is 5.41 Å². The molecule has 0 bridgehead atoms. The van der Waals surface area contributed by atoms with Gasteiger partial charge in [-0.25, -0.2) is 0 Å². The quantitative estimate of drug-likeness (QED) is 0.289. The molecule has 0 N–H and O–H groups in total. The fraction of sp³-hybridized carbons (Fsp3) is 0.571. The zero-order valence-corrected chi connectivity index (χ0v) is 11.5. The Balaban J connectivity index is 5.24. The van der Waals surface area contributed by atoms with Crippen molar-refractivity contribution in [3.05, 3.63) is 24.8 Å². The standard InChI is InChI=1S/C14H22O4/c1-6-7-8-9-14(10-11(2)3,12(15)17-4)13(16)18-5/h6H,1-2,7-10H2,3-5H3. The molecule has 0 aromatic rings. The van der Waals surface area contributed by atoms with E-state index in [4.69, 9.17) is 9.47 Å². The number of ether oxygens (including phenoxy) is 2. The highest BCUT2D eigenvalue weighted by Gasteiger charge is 2.47. The second-order valence-corrected chi connectivity index (χ2v) is 4.38. The monoisotopic (exact) mass is 254 g/mol. The molecule has 18 heavy (non-hydrogen) atoms. The van der Waals surface area contributed by atoms with Crippen molar-refractivity contribution >= 4 is 11.9 Å². The molecule has 0 rings (SSSR count). The molecule has 0 aliphatic carbocycles. The summed E-state index contributed by atoms with van der Waals surface area (Å²) in [5.41, 5.74) is -0.539. The molecule has 0 spiro atoms. The molecular formula is C14H22O4. The Hall–Kier alpha value is -1.58. The molecule has 0 amide bonds. The number of hydrogen-bond donors (Lipinski definition) is 0. The van der Waals surface area contributed by atoms with Gasteiger partial charge in [-0.2, -0.15) is 0 Å². The van der Waals surface area contributed by atoms with Crippen molar-refractivity contribution in [3.8, 4) is 0 Å². The van der Waals surface area contributed by atoms with Gasteiger partial charge in [0, 0.05) is 0 Å². The lowest BCUT2D eigenvalue weighted by atomic mass is 9.77. The molecule has 0 unspecified atom stereocenters. The SMILES string of the molecule is C=CCCCC(CC(=C)C)(C(=O)OC)C(=O)OC. The largest absolute Gasteiger partial charge is 0.468 e. The van der Waals surface area contributed by atoms with Crippen LogP contribution in [0.25, 0.3) is 0 Å². The van der Waals surface area contributed by atoms with Crippen molar-refractivity contribution in [2.75, 3.05) is 14.2 Å². The molecule has 0 aliphatic rings. The van der Waals surface area contributed by atoms with Gasteiger partial charge in [0.05, 0.1) is 14.2 Å². The highest BCUT2D eigenvalue weighted by molar-refractivity contribution is 6.00. The number of unbranched alkanes of at least 4 members (excludes halogenated alkanes) is 1. The minimum atomic E-state index is -1.28. The van der Waals surface area contributed by atoms with Crippen molar-refractivity contribution in [3.63, 3.8) is 0 Å². The van der Waals surface area contributed by atoms with E-state index in [2.05, 4.69) is 13.2 Å². The third-order valence-electron chi connectivity index (χ3n) is 2.77. The molecule has 0 fully saturated rings. The van der Waals surface area contributed by atoms with E-state index in [1.807, 2.05) is 0 Å². The third kappa shape index (κ3) is 4.02. The molecule has 0 aromatic carbocycles. The van der Waals surface area contributed by atoms with Gasteiger partial charge in [-0.1, -0.05) is 11.6 Å². The van der Waals surface area contributed by atoms with Gasteiger partial charge in [0.1, 0.15) is 0 Å². The van der Waals surface area contributed by atoms with Crippen molar-refractivity contribution in [1.29, 1.82) is 0 Å². The predicted octanol–water partition coefficient (Wildman–Crippen LogP) is 2.64. The van der Waals surface area contributed by atoms with Crippen LogP contribution in [0.5, 0.6) is 0 Å². The molecule has 0 saturated heterocycles. The molecule has 0 aliphatic heterocycles. The second-order valence-electron chi connectivity index (χ2n) is 4.38. The van der Waals surface area contributed by atoms with Crippen LogP contribution >= 0.6 is 0 Å². The zero-order chi connectivity index (χ0) is 14.2. The van der Waals surface area contributed by atoms with Crippen LogP contribution in [0.15, 0.2) is 24.8 Å². The Morgan fingerprint density at radius 3 is 2.06 bits per heavy atom. The Morgan fingerprint density at radius 1 is 1.22 bits per heavy atom. The first-order valence-electron chi connectivity index (χ1n) is 5.86. The number of rotatable bonds is 8. The zero-order valence-electron chi connectivity index (χ0n) is 11.5. The molecule has 0 heterocycles. The van der Waals surface area contributed by atoms with Crippen molar-refractivity contribution < 1.29 is 19.1 Å². The van der Waals surface area contributed by atoms with Gasteiger partial charge in [-0.3, -0.25) is 9.59 Å². The average Bonchev–Trinajstić information content (AvgIpc) is 2.35. The van der Waals surface area contributed by atoms with Gasteiger partial charge < -0.3 is 9.47 Å². The maximum atomic E-state index is 12.0. The van der Waals surface area contributed by atoms with Crippen LogP contribution in [0.4, 0.5) is 0 Å². The van der Waals surface area contributed by atoms with Crippen LogP contribution in [0.2, 0.25) is 0 Å². The van der Waals surface area contributed by atoms with Gasteiger partial charge in [0.25, 0.3) is 0 Å². The van der Waals surface area contributed by atoms with Crippen LogP contribution in [-0.2, 0) is 19.1 Å². The van der Waals surface area contributed by atoms with E-state index in [0.29, 0.717) is 12.8 Å². The van der Waals surface area contributed by atoms with E-state index in [-0.39, 0.29) is 6.42 Å². The van der Waals surface area contributed by atoms with E-state index in [9.17, 15) is 9.59 Å². The highest BCUT2D eigenvalue weighted by atomic mass is 16.5. The Labute approximate surface area is 109 Å². The lowest BCUT2D eigenvalue weighted by Gasteiger charge is -2.28. The van der Waals surface area contributed by atoms with E-state index in [1.165, 1.54) is 14.2 Å². The van der Waals surface area contributed by atoms with Crippen LogP contribution in [-0.4, -0.2) is 26.2 Å². The maximum absolute atomic E-state index is 12.0. The molecule has 4 heteroatoms. The summed E-state index contributed by atoms with van der Waals surface area (Å²) in [5.74, 6) is -1.14. The topological polar surface area (TPSA) is 52.6 Å². The van der Waals surface area contributed by atoms with E-state index in [1.54, 1.807) is 13.0 Å². The molecule has 102 valence electrons. The number of methoxy groups -OCH3 is 2. The van der Waals surface area contributed by atoms with Crippen LogP contribution in [0.1, 0.15) is 32.6 Å². The van der Waals surface area contributed by atoms with Gasteiger partial charge in [0.15, 0.2) is 5.41 Å². The van der Waals surface area contributed by atoms with Gasteiger partial charge in [0.2, 0.25) is 0 Å². The summed E-state index contributed by atoms with van der Waals surface area (Å²) in [7, 11) is 2.54. The highest BCUT2D eigenvalue weighted by Crippen LogP contribution is 2.35. The van der Waals surface area contributed by atoms with Crippen LogP contribution in [0.3, 0.4) is 0 Å². The van der Waals surface area contributed by atoms with Crippen LogP contribution in [0, 0.1) is 5.41 Å². The smallest absolute Gasteiger partial charge is 0.323 e. The number of hydrogen-bond acceptors (Lipinski definition) is 4. The first kappa shape index (κ1) is 16.4. The van der Waals surface area contributed by atoms with E-state index >= 15 is 0 Å². The average molecular weight is 254 g/mol. The Kier molecular flexibility index (Phi) is 7.01. The predicted molar refractivity (Wildman–Crippen MR) is 69.9 cm³/mol. The third-order valence-corrected chi connectivity index (χ3v) is 2.77. The minimum absolute atomic E-state index is 0.240. The van der Waals surface area contributed by atoms with E-state index < -0.39 is 17.4 Å². The number of esters is 2. The fourth-order valence-corrected chi connectivity index (χ4v) is 1.97. The molecule has 0 aromatic heterocycles. The normalized spacial score (nSPS) is 10.6. The first-order chi connectivity index (χ1) is 8.44. The maximum Gasteiger partial charge on any atom is 0.323 e. The molecule has 0 saturated carbocycles. The molecule has 4 nitrogen and oxygen atoms in total. The summed E-state index contributed by atoms with van der Waals surface area (Å²) in [4.78, 5) is 23.9. The summed E-state index contributed by atoms with van der Waals surface area (Å²) in [6, 6.07) is 0. The van der Waals surface area contributed by atoms with Gasteiger partial charge in [-0.05, 0) is 32.6 Å². The summed E-state index contributed by atoms with van der Waals surface area (Å²) in [6.07, 6.45) is 3.75. The van der Waals surface area contributed by atoms with Gasteiger partial charge in [-0.15, -0.1) is 13.2 Å². The Bertz CT molecular complexity index is 315. The van der Waals surface area contributed by atoms with Crippen molar-refractivity contribution in [2.45, 2.75) is 32.6 Å². The lowest BCUT2D eigenvalue weighted by molar-refractivity contribution is -0.169. The minimum Gasteiger partial charge on any atom is -0.468 e. The summed E-state index contributed by atoms with van der Waals surface area (Å²) in [6.45, 7) is 9.16. The first-order valence-corrected chi connectivity index (χ1v) is 5.86. The van der Waals surface area contributed by atoms with Crippen LogP contribution < -0.4 is 0 Å². The van der Waals surface area contributed by atoms with E-state index in [0.717, 1.165) is 12.0 Å². The van der Waals surface area contributed by atoms with Gasteiger partial charge >= 0.3 is 11.9 Å². The fourth-order valence-electron chi connectivity index (χ4n) is 1.97. The number of carbonyl (C=O) groups excluding carboxylic acids is 2. The summed E-state index contributed by atoms with van der Waals surface area (Å²) >= 11 is 0. The molecule has 0 atom stereocenters. The lowest BCUT2D eigenvalue weighted by Crippen LogP contribution is -2.41. The Morgan fingerprint density at radius 2 is 1.72 bits per heavy atom.